The van der Waals surface area contributed by atoms with E-state index in [-0.39, 0.29) is 24.0 Å². The molecule has 1 aliphatic heterocycles. The molecule has 28 heavy (non-hydrogen) atoms. The number of aliphatic imine (C=N–C) groups is 1. The third kappa shape index (κ3) is 8.94. The molecule has 2 heterocycles. The van der Waals surface area contributed by atoms with Gasteiger partial charge in [0.05, 0.1) is 18.8 Å². The summed E-state index contributed by atoms with van der Waals surface area (Å²) < 4.78 is 11.3. The maximum absolute atomic E-state index is 5.71. The van der Waals surface area contributed by atoms with Crippen LogP contribution in [0.4, 0.5) is 0 Å². The van der Waals surface area contributed by atoms with Crippen molar-refractivity contribution in [1.29, 1.82) is 0 Å². The van der Waals surface area contributed by atoms with Gasteiger partial charge >= 0.3 is 0 Å². The highest BCUT2D eigenvalue weighted by molar-refractivity contribution is 14.0. The summed E-state index contributed by atoms with van der Waals surface area (Å²) in [6, 6.07) is 2.58. The molecule has 0 radical (unpaired) electrons. The summed E-state index contributed by atoms with van der Waals surface area (Å²) in [6.07, 6.45) is 3.56. The standard InChI is InChI=1S/C20H36N4O2S.HI/c1-4-24(5-2)19(17-9-13-27-16-17)14-23-20(21-3)22-10-7-11-25-15-18-8-6-12-26-18;/h9,13,16,18-19H,4-8,10-12,14-15H2,1-3H3,(H2,21,22,23);1H. The lowest BCUT2D eigenvalue weighted by molar-refractivity contribution is 0.0168. The number of guanidine groups is 1. The number of nitrogens with one attached hydrogen (secondary N) is 2. The van der Waals surface area contributed by atoms with E-state index >= 15 is 0 Å². The second-order valence-corrected chi connectivity index (χ2v) is 7.52. The summed E-state index contributed by atoms with van der Waals surface area (Å²) in [7, 11) is 1.82. The van der Waals surface area contributed by atoms with Crippen LogP contribution in [0, 0.1) is 0 Å². The molecule has 1 aromatic rings. The molecule has 2 rings (SSSR count). The molecule has 1 aromatic heterocycles. The van der Waals surface area contributed by atoms with Crippen LogP contribution < -0.4 is 10.6 Å². The topological polar surface area (TPSA) is 58.1 Å². The Kier molecular flexibility index (Phi) is 14.1. The van der Waals surface area contributed by atoms with Crippen molar-refractivity contribution in [1.82, 2.24) is 15.5 Å². The number of halogens is 1. The number of thiophene rings is 1. The van der Waals surface area contributed by atoms with Crippen LogP contribution in [0.2, 0.25) is 0 Å². The van der Waals surface area contributed by atoms with E-state index in [9.17, 15) is 0 Å². The summed E-state index contributed by atoms with van der Waals surface area (Å²) in [4.78, 5) is 6.82. The van der Waals surface area contributed by atoms with Crippen LogP contribution in [-0.2, 0) is 9.47 Å². The zero-order valence-corrected chi connectivity index (χ0v) is 20.6. The first-order valence-corrected chi connectivity index (χ1v) is 11.1. The van der Waals surface area contributed by atoms with Crippen molar-refractivity contribution >= 4 is 41.3 Å². The summed E-state index contributed by atoms with van der Waals surface area (Å²) in [6.45, 7) is 10.5. The van der Waals surface area contributed by atoms with Gasteiger partial charge in [0.1, 0.15) is 0 Å². The molecule has 8 heteroatoms. The monoisotopic (exact) mass is 524 g/mol. The van der Waals surface area contributed by atoms with Crippen molar-refractivity contribution < 1.29 is 9.47 Å². The van der Waals surface area contributed by atoms with Crippen molar-refractivity contribution in [3.63, 3.8) is 0 Å². The fourth-order valence-electron chi connectivity index (χ4n) is 3.37. The molecule has 0 spiro atoms. The first-order valence-electron chi connectivity index (χ1n) is 10.2. The predicted molar refractivity (Wildman–Crippen MR) is 129 cm³/mol. The molecular weight excluding hydrogens is 487 g/mol. The molecule has 6 nitrogen and oxygen atoms in total. The van der Waals surface area contributed by atoms with Gasteiger partial charge in [-0.05, 0) is 54.7 Å². The van der Waals surface area contributed by atoms with Gasteiger partial charge in [0.2, 0.25) is 0 Å². The van der Waals surface area contributed by atoms with Crippen molar-refractivity contribution in [3.8, 4) is 0 Å². The number of nitrogens with zero attached hydrogens (tertiary/aromatic N) is 2. The Hall–Kier alpha value is -0.420. The summed E-state index contributed by atoms with van der Waals surface area (Å²) in [5.41, 5.74) is 1.37. The van der Waals surface area contributed by atoms with Crippen molar-refractivity contribution in [2.75, 3.05) is 53.0 Å². The van der Waals surface area contributed by atoms with E-state index < -0.39 is 0 Å². The van der Waals surface area contributed by atoms with Gasteiger partial charge in [0, 0.05) is 33.4 Å². The Labute approximate surface area is 191 Å². The number of rotatable bonds is 12. The number of hydrogen-bond acceptors (Lipinski definition) is 5. The van der Waals surface area contributed by atoms with Crippen molar-refractivity contribution in [2.24, 2.45) is 4.99 Å². The predicted octanol–water partition coefficient (Wildman–Crippen LogP) is 3.50. The Balaban J connectivity index is 0.00000392. The highest BCUT2D eigenvalue weighted by Crippen LogP contribution is 2.22. The SMILES string of the molecule is CCN(CC)C(CNC(=NC)NCCCOCC1CCCO1)c1ccsc1.I. The van der Waals surface area contributed by atoms with Crippen molar-refractivity contribution in [3.05, 3.63) is 22.4 Å². The minimum Gasteiger partial charge on any atom is -0.379 e. The largest absolute Gasteiger partial charge is 0.379 e. The second kappa shape index (κ2) is 15.4. The highest BCUT2D eigenvalue weighted by Gasteiger charge is 2.18. The maximum Gasteiger partial charge on any atom is 0.191 e. The minimum atomic E-state index is 0. The van der Waals surface area contributed by atoms with Gasteiger partial charge in [-0.25, -0.2) is 0 Å². The summed E-state index contributed by atoms with van der Waals surface area (Å²) >= 11 is 1.75. The second-order valence-electron chi connectivity index (χ2n) is 6.74. The van der Waals surface area contributed by atoms with Gasteiger partial charge in [-0.15, -0.1) is 24.0 Å². The van der Waals surface area contributed by atoms with Crippen LogP contribution in [0.5, 0.6) is 0 Å². The molecule has 0 saturated carbocycles. The van der Waals surface area contributed by atoms with E-state index in [0.717, 1.165) is 71.2 Å². The Bertz CT molecular complexity index is 520. The number of hydrogen-bond donors (Lipinski definition) is 2. The lowest BCUT2D eigenvalue weighted by Gasteiger charge is -2.30. The van der Waals surface area contributed by atoms with Gasteiger partial charge in [-0.1, -0.05) is 13.8 Å². The molecule has 0 aromatic carbocycles. The fourth-order valence-corrected chi connectivity index (χ4v) is 4.08. The average Bonchev–Trinajstić information content (AvgIpc) is 3.40. The molecule has 0 bridgehead atoms. The van der Waals surface area contributed by atoms with Crippen LogP contribution in [0.25, 0.3) is 0 Å². The average molecular weight is 525 g/mol. The summed E-state index contributed by atoms with van der Waals surface area (Å²) in [5.74, 6) is 0.849. The third-order valence-corrected chi connectivity index (χ3v) is 5.65. The molecule has 1 aliphatic rings. The van der Waals surface area contributed by atoms with Crippen LogP contribution in [0.1, 0.15) is 44.7 Å². The molecule has 1 saturated heterocycles. The molecule has 2 atom stereocenters. The van der Waals surface area contributed by atoms with Crippen LogP contribution in [0.3, 0.4) is 0 Å². The smallest absolute Gasteiger partial charge is 0.191 e. The molecule has 2 unspecified atom stereocenters. The molecule has 0 amide bonds. The van der Waals surface area contributed by atoms with E-state index in [1.165, 1.54) is 5.56 Å². The Morgan fingerprint density at radius 3 is 2.82 bits per heavy atom. The lowest BCUT2D eigenvalue weighted by atomic mass is 10.1. The lowest BCUT2D eigenvalue weighted by Crippen LogP contribution is -2.43. The first-order chi connectivity index (χ1) is 13.3. The molecule has 0 aliphatic carbocycles. The van der Waals surface area contributed by atoms with E-state index in [2.05, 4.69) is 51.2 Å². The van der Waals surface area contributed by atoms with E-state index in [1.807, 2.05) is 7.05 Å². The zero-order chi connectivity index (χ0) is 19.3. The van der Waals surface area contributed by atoms with E-state index in [1.54, 1.807) is 11.3 Å². The molecule has 162 valence electrons. The number of ether oxygens (including phenoxy) is 2. The molecular formula is C20H37IN4O2S. The Morgan fingerprint density at radius 2 is 2.21 bits per heavy atom. The van der Waals surface area contributed by atoms with Crippen LogP contribution in [0.15, 0.2) is 21.8 Å². The van der Waals surface area contributed by atoms with Crippen LogP contribution >= 0.6 is 35.3 Å². The highest BCUT2D eigenvalue weighted by atomic mass is 127. The van der Waals surface area contributed by atoms with E-state index in [4.69, 9.17) is 9.47 Å². The Morgan fingerprint density at radius 1 is 1.39 bits per heavy atom. The van der Waals surface area contributed by atoms with Gasteiger partial charge in [-0.2, -0.15) is 11.3 Å². The maximum atomic E-state index is 5.71. The normalized spacial score (nSPS) is 18.1. The molecule has 2 N–H and O–H groups in total. The minimum absolute atomic E-state index is 0. The summed E-state index contributed by atoms with van der Waals surface area (Å²) in [5, 5.41) is 11.3. The van der Waals surface area contributed by atoms with Crippen LogP contribution in [-0.4, -0.2) is 70.0 Å². The van der Waals surface area contributed by atoms with E-state index in [0.29, 0.717) is 12.1 Å². The van der Waals surface area contributed by atoms with Crippen molar-refractivity contribution in [2.45, 2.75) is 45.3 Å². The number of likely N-dealkylation sites (N-methyl/N-ethyl adjacent to an activating group) is 1. The first kappa shape index (κ1) is 25.6. The third-order valence-electron chi connectivity index (χ3n) is 4.95. The quantitative estimate of drug-likeness (QED) is 0.190. The molecule has 1 fully saturated rings. The van der Waals surface area contributed by atoms with Gasteiger partial charge in [0.25, 0.3) is 0 Å². The zero-order valence-electron chi connectivity index (χ0n) is 17.5. The van der Waals surface area contributed by atoms with Gasteiger partial charge < -0.3 is 20.1 Å². The van der Waals surface area contributed by atoms with Gasteiger partial charge in [-0.3, -0.25) is 9.89 Å². The fraction of sp³-hybridized carbons (Fsp3) is 0.750. The van der Waals surface area contributed by atoms with Gasteiger partial charge in [0.15, 0.2) is 5.96 Å².